The molecule has 0 bridgehead atoms. The van der Waals surface area contributed by atoms with Crippen molar-refractivity contribution in [1.29, 1.82) is 0 Å². The van der Waals surface area contributed by atoms with Gasteiger partial charge in [-0.15, -0.1) is 0 Å². The molecule has 3 aromatic carbocycles. The van der Waals surface area contributed by atoms with E-state index in [0.717, 1.165) is 34.7 Å². The normalized spacial score (nSPS) is 15.4. The lowest BCUT2D eigenvalue weighted by Crippen LogP contribution is -2.38. The molecule has 0 saturated carbocycles. The fourth-order valence-electron chi connectivity index (χ4n) is 5.34. The van der Waals surface area contributed by atoms with Crippen molar-refractivity contribution < 1.29 is 21.9 Å². The smallest absolute Gasteiger partial charge is 0.245 e. The molecule has 1 aliphatic heterocycles. The second kappa shape index (κ2) is 9.67. The van der Waals surface area contributed by atoms with Gasteiger partial charge in [-0.3, -0.25) is 0 Å². The van der Waals surface area contributed by atoms with E-state index in [9.17, 15) is 17.2 Å². The van der Waals surface area contributed by atoms with Crippen LogP contribution in [0.2, 0.25) is 0 Å². The van der Waals surface area contributed by atoms with Crippen molar-refractivity contribution in [2.24, 2.45) is 0 Å². The summed E-state index contributed by atoms with van der Waals surface area (Å²) in [6, 6.07) is 18.9. The lowest BCUT2D eigenvalue weighted by atomic mass is 9.88. The Hall–Kier alpha value is -3.23. The topological polar surface area (TPSA) is 51.5 Å². The summed E-state index contributed by atoms with van der Waals surface area (Å²) in [5.74, 6) is -0.876. The van der Waals surface area contributed by atoms with Crippen LogP contribution in [0.3, 0.4) is 0 Å². The van der Waals surface area contributed by atoms with Crippen LogP contribution in [0, 0.1) is 18.6 Å². The molecule has 0 atom stereocenters. The van der Waals surface area contributed by atoms with Crippen LogP contribution < -0.4 is 4.74 Å². The SMILES string of the molecule is COc1cccc(Cn2c(C)c(C3CCN(S(=O)(=O)c4ccc(F)cc4F)CC3)c3ccccc32)c1. The third-order valence-corrected chi connectivity index (χ3v) is 9.06. The van der Waals surface area contributed by atoms with Gasteiger partial charge >= 0.3 is 0 Å². The molecule has 1 aliphatic rings. The first-order valence-electron chi connectivity index (χ1n) is 12.0. The van der Waals surface area contributed by atoms with Gasteiger partial charge in [-0.25, -0.2) is 17.2 Å². The van der Waals surface area contributed by atoms with Gasteiger partial charge in [0.25, 0.3) is 0 Å². The second-order valence-electron chi connectivity index (χ2n) is 9.21. The van der Waals surface area contributed by atoms with Crippen LogP contribution in [-0.2, 0) is 16.6 Å². The number of hydrogen-bond acceptors (Lipinski definition) is 3. The van der Waals surface area contributed by atoms with Gasteiger partial charge in [-0.2, -0.15) is 4.31 Å². The van der Waals surface area contributed by atoms with Crippen molar-refractivity contribution in [3.63, 3.8) is 0 Å². The van der Waals surface area contributed by atoms with E-state index in [1.54, 1.807) is 7.11 Å². The molecule has 0 amide bonds. The zero-order chi connectivity index (χ0) is 25.4. The molecule has 0 aliphatic carbocycles. The van der Waals surface area contributed by atoms with Crippen LogP contribution in [0.15, 0.2) is 71.6 Å². The molecular formula is C28H28F2N2O3S. The van der Waals surface area contributed by atoms with Crippen LogP contribution in [0.4, 0.5) is 8.78 Å². The molecule has 0 radical (unpaired) electrons. The number of halogens is 2. The summed E-state index contributed by atoms with van der Waals surface area (Å²) < 4.78 is 62.6. The first-order valence-corrected chi connectivity index (χ1v) is 13.4. The second-order valence-corrected chi connectivity index (χ2v) is 11.1. The van der Waals surface area contributed by atoms with E-state index in [1.807, 2.05) is 30.3 Å². The first-order chi connectivity index (χ1) is 17.3. The van der Waals surface area contributed by atoms with Crippen LogP contribution in [0.5, 0.6) is 5.75 Å². The zero-order valence-corrected chi connectivity index (χ0v) is 21.1. The van der Waals surface area contributed by atoms with E-state index >= 15 is 0 Å². The summed E-state index contributed by atoms with van der Waals surface area (Å²) in [5, 5.41) is 1.17. The molecule has 5 nitrogen and oxygen atoms in total. The van der Waals surface area contributed by atoms with Crippen molar-refractivity contribution in [3.8, 4) is 5.75 Å². The molecule has 1 aromatic heterocycles. The third-order valence-electron chi connectivity index (χ3n) is 7.13. The minimum atomic E-state index is -4.04. The quantitative estimate of drug-likeness (QED) is 0.327. The van der Waals surface area contributed by atoms with Gasteiger partial charge in [0.2, 0.25) is 10.0 Å². The fraction of sp³-hybridized carbons (Fsp3) is 0.286. The predicted molar refractivity (Wildman–Crippen MR) is 136 cm³/mol. The zero-order valence-electron chi connectivity index (χ0n) is 20.2. The van der Waals surface area contributed by atoms with Crippen molar-refractivity contribution in [3.05, 3.63) is 95.2 Å². The number of sulfonamides is 1. The van der Waals surface area contributed by atoms with Gasteiger partial charge < -0.3 is 9.30 Å². The number of aromatic nitrogens is 1. The van der Waals surface area contributed by atoms with Crippen LogP contribution in [-0.4, -0.2) is 37.5 Å². The Morgan fingerprint density at radius 1 is 0.972 bits per heavy atom. The number of para-hydroxylation sites is 1. The number of piperidine rings is 1. The number of nitrogens with zero attached hydrogens (tertiary/aromatic N) is 2. The minimum absolute atomic E-state index is 0.172. The average molecular weight is 511 g/mol. The Morgan fingerprint density at radius 3 is 2.44 bits per heavy atom. The van der Waals surface area contributed by atoms with E-state index in [2.05, 4.69) is 29.7 Å². The molecule has 0 spiro atoms. The molecule has 0 unspecified atom stereocenters. The molecule has 5 rings (SSSR count). The Kier molecular flexibility index (Phi) is 6.57. The van der Waals surface area contributed by atoms with Gasteiger partial charge in [-0.1, -0.05) is 30.3 Å². The van der Waals surface area contributed by atoms with E-state index in [4.69, 9.17) is 4.74 Å². The maximum atomic E-state index is 14.2. The Balaban J connectivity index is 1.42. The fourth-order valence-corrected chi connectivity index (χ4v) is 6.85. The maximum absolute atomic E-state index is 14.2. The lowest BCUT2D eigenvalue weighted by Gasteiger charge is -2.31. The number of methoxy groups -OCH3 is 1. The Morgan fingerprint density at radius 2 is 1.72 bits per heavy atom. The van der Waals surface area contributed by atoms with Crippen LogP contribution in [0.1, 0.15) is 35.6 Å². The highest BCUT2D eigenvalue weighted by Crippen LogP contribution is 2.39. The standard InChI is InChI=1S/C28H28F2N2O3S/c1-19-28(21-12-14-31(15-13-21)36(33,34)27-11-10-22(29)17-25(27)30)24-8-3-4-9-26(24)32(19)18-20-6-5-7-23(16-20)35-2/h3-11,16-17,21H,12-15,18H2,1-2H3. The van der Waals surface area contributed by atoms with Gasteiger partial charge in [0.05, 0.1) is 7.11 Å². The van der Waals surface area contributed by atoms with Crippen molar-refractivity contribution >= 4 is 20.9 Å². The largest absolute Gasteiger partial charge is 0.497 e. The molecule has 1 saturated heterocycles. The lowest BCUT2D eigenvalue weighted by molar-refractivity contribution is 0.318. The first kappa shape index (κ1) is 24.5. The summed E-state index contributed by atoms with van der Waals surface area (Å²) in [7, 11) is -2.38. The summed E-state index contributed by atoms with van der Waals surface area (Å²) in [6.45, 7) is 3.37. The molecule has 1 fully saturated rings. The average Bonchev–Trinajstić information content (AvgIpc) is 3.15. The van der Waals surface area contributed by atoms with E-state index in [0.29, 0.717) is 25.5 Å². The van der Waals surface area contributed by atoms with Gasteiger partial charge in [0, 0.05) is 42.3 Å². The summed E-state index contributed by atoms with van der Waals surface area (Å²) in [6.07, 6.45) is 1.24. The molecule has 0 N–H and O–H groups in total. The van der Waals surface area contributed by atoms with E-state index in [1.165, 1.54) is 15.3 Å². The van der Waals surface area contributed by atoms with Gasteiger partial charge in [0.15, 0.2) is 0 Å². The van der Waals surface area contributed by atoms with E-state index in [-0.39, 0.29) is 19.0 Å². The third kappa shape index (κ3) is 4.40. The minimum Gasteiger partial charge on any atom is -0.497 e. The summed E-state index contributed by atoms with van der Waals surface area (Å²) in [4.78, 5) is -0.478. The molecule has 2 heterocycles. The Labute approximate surface area is 210 Å². The monoisotopic (exact) mass is 510 g/mol. The highest BCUT2D eigenvalue weighted by molar-refractivity contribution is 7.89. The number of fused-ring (bicyclic) bond motifs is 1. The molecule has 8 heteroatoms. The summed E-state index contributed by atoms with van der Waals surface area (Å²) >= 11 is 0. The number of ether oxygens (including phenoxy) is 1. The number of hydrogen-bond donors (Lipinski definition) is 0. The molecule has 4 aromatic rings. The van der Waals surface area contributed by atoms with Crippen molar-refractivity contribution in [1.82, 2.24) is 8.87 Å². The van der Waals surface area contributed by atoms with Crippen LogP contribution >= 0.6 is 0 Å². The molecule has 36 heavy (non-hydrogen) atoms. The molecular weight excluding hydrogens is 482 g/mol. The van der Waals surface area contributed by atoms with Gasteiger partial charge in [0.1, 0.15) is 22.3 Å². The molecule has 188 valence electrons. The Bertz CT molecular complexity index is 1520. The van der Waals surface area contributed by atoms with Gasteiger partial charge in [-0.05, 0) is 67.1 Å². The predicted octanol–water partition coefficient (Wildman–Crippen LogP) is 5.85. The van der Waals surface area contributed by atoms with E-state index < -0.39 is 26.6 Å². The van der Waals surface area contributed by atoms with Crippen molar-refractivity contribution in [2.45, 2.75) is 37.1 Å². The maximum Gasteiger partial charge on any atom is 0.245 e. The number of rotatable bonds is 6. The van der Waals surface area contributed by atoms with Crippen molar-refractivity contribution in [2.75, 3.05) is 20.2 Å². The number of benzene rings is 3. The highest BCUT2D eigenvalue weighted by atomic mass is 32.2. The van der Waals surface area contributed by atoms with Crippen LogP contribution in [0.25, 0.3) is 10.9 Å². The highest BCUT2D eigenvalue weighted by Gasteiger charge is 2.33. The summed E-state index contributed by atoms with van der Waals surface area (Å²) in [5.41, 5.74) is 4.66.